The average Bonchev–Trinajstić information content (AvgIpc) is 2.43. The Labute approximate surface area is 127 Å². The number of carbonyl (C=O) groups is 1. The number of halogens is 1. The van der Waals surface area contributed by atoms with E-state index in [1.54, 1.807) is 7.11 Å². The Morgan fingerprint density at radius 3 is 2.55 bits per heavy atom. The van der Waals surface area contributed by atoms with Gasteiger partial charge in [-0.3, -0.25) is 14.6 Å². The fraction of sp³-hybridized carbons (Fsp3) is 0.500. The molecule has 0 bridgehead atoms. The van der Waals surface area contributed by atoms with E-state index in [2.05, 4.69) is 20.8 Å². The molecule has 1 N–H and O–H groups in total. The van der Waals surface area contributed by atoms with Crippen molar-refractivity contribution in [1.82, 2.24) is 9.80 Å². The molecule has 20 heavy (non-hydrogen) atoms. The number of piperazine rings is 1. The monoisotopic (exact) mass is 342 g/mol. The highest BCUT2D eigenvalue weighted by molar-refractivity contribution is 9.10. The topological polar surface area (TPSA) is 53.0 Å². The zero-order valence-corrected chi connectivity index (χ0v) is 13.1. The lowest BCUT2D eigenvalue weighted by Crippen LogP contribution is -2.47. The Hall–Kier alpha value is -1.11. The zero-order chi connectivity index (χ0) is 14.5. The number of benzene rings is 1. The summed E-state index contributed by atoms with van der Waals surface area (Å²) in [5.41, 5.74) is 1.19. The molecule has 5 nitrogen and oxygen atoms in total. The Bertz CT molecular complexity index is 473. The second-order valence-electron chi connectivity index (χ2n) is 4.90. The van der Waals surface area contributed by atoms with Gasteiger partial charge in [0, 0.05) is 37.2 Å². The first-order valence-electron chi connectivity index (χ1n) is 6.57. The van der Waals surface area contributed by atoms with E-state index < -0.39 is 5.97 Å². The maximum absolute atomic E-state index is 10.7. The van der Waals surface area contributed by atoms with E-state index in [1.807, 2.05) is 23.1 Å². The predicted molar refractivity (Wildman–Crippen MR) is 80.0 cm³/mol. The summed E-state index contributed by atoms with van der Waals surface area (Å²) in [5.74, 6) is 0.0988. The molecule has 2 rings (SSSR count). The van der Waals surface area contributed by atoms with Gasteiger partial charge in [-0.2, -0.15) is 0 Å². The first-order chi connectivity index (χ1) is 9.58. The summed E-state index contributed by atoms with van der Waals surface area (Å²) in [6.45, 7) is 4.35. The average molecular weight is 343 g/mol. The second-order valence-corrected chi connectivity index (χ2v) is 5.76. The third-order valence-corrected chi connectivity index (χ3v) is 4.24. The van der Waals surface area contributed by atoms with Gasteiger partial charge < -0.3 is 9.84 Å². The van der Waals surface area contributed by atoms with Crippen LogP contribution in [0.4, 0.5) is 0 Å². The maximum atomic E-state index is 10.7. The van der Waals surface area contributed by atoms with Gasteiger partial charge in [-0.1, -0.05) is 15.9 Å². The first kappa shape index (κ1) is 15.3. The van der Waals surface area contributed by atoms with E-state index in [1.165, 1.54) is 5.56 Å². The van der Waals surface area contributed by atoms with Crippen molar-refractivity contribution in [2.75, 3.05) is 39.8 Å². The fourth-order valence-corrected chi connectivity index (χ4v) is 2.71. The molecule has 110 valence electrons. The highest BCUT2D eigenvalue weighted by atomic mass is 79.9. The third kappa shape index (κ3) is 4.19. The number of hydrogen-bond acceptors (Lipinski definition) is 4. The molecule has 1 heterocycles. The molecule has 1 aliphatic heterocycles. The highest BCUT2D eigenvalue weighted by Gasteiger charge is 2.19. The Balaban J connectivity index is 1.90. The number of aliphatic carboxylic acids is 1. The number of nitrogens with zero attached hydrogens (tertiary/aromatic N) is 2. The van der Waals surface area contributed by atoms with Gasteiger partial charge >= 0.3 is 5.97 Å². The number of ether oxygens (including phenoxy) is 1. The van der Waals surface area contributed by atoms with Crippen LogP contribution in [0.3, 0.4) is 0 Å². The molecule has 1 fully saturated rings. The number of hydrogen-bond donors (Lipinski definition) is 1. The third-order valence-electron chi connectivity index (χ3n) is 3.47. The van der Waals surface area contributed by atoms with Crippen LogP contribution in [0.25, 0.3) is 0 Å². The molecule has 1 saturated heterocycles. The van der Waals surface area contributed by atoms with E-state index in [0.29, 0.717) is 0 Å². The molecule has 0 saturated carbocycles. The van der Waals surface area contributed by atoms with E-state index >= 15 is 0 Å². The molecule has 1 aromatic rings. The summed E-state index contributed by atoms with van der Waals surface area (Å²) in [7, 11) is 1.66. The lowest BCUT2D eigenvalue weighted by Gasteiger charge is -2.34. The van der Waals surface area contributed by atoms with Crippen LogP contribution >= 0.6 is 15.9 Å². The van der Waals surface area contributed by atoms with E-state index in [9.17, 15) is 4.79 Å². The van der Waals surface area contributed by atoms with Crippen molar-refractivity contribution in [3.8, 4) is 5.75 Å². The highest BCUT2D eigenvalue weighted by Crippen LogP contribution is 2.24. The van der Waals surface area contributed by atoms with Crippen molar-refractivity contribution in [1.29, 1.82) is 0 Å². The number of methoxy groups -OCH3 is 1. The van der Waals surface area contributed by atoms with Crippen molar-refractivity contribution < 1.29 is 14.6 Å². The molecule has 0 aromatic heterocycles. The Kier molecular flexibility index (Phi) is 5.39. The summed E-state index contributed by atoms with van der Waals surface area (Å²) in [6.07, 6.45) is 0. The van der Waals surface area contributed by atoms with E-state index in [-0.39, 0.29) is 6.54 Å². The van der Waals surface area contributed by atoms with Gasteiger partial charge in [-0.25, -0.2) is 0 Å². The quantitative estimate of drug-likeness (QED) is 0.881. The smallest absolute Gasteiger partial charge is 0.317 e. The SMILES string of the molecule is COc1ccc(Br)c(CN2CCN(CC(=O)O)CC2)c1. The molecule has 0 spiro atoms. The molecule has 1 aromatic carbocycles. The Morgan fingerprint density at radius 2 is 1.95 bits per heavy atom. The van der Waals surface area contributed by atoms with Crippen molar-refractivity contribution in [2.45, 2.75) is 6.54 Å². The van der Waals surface area contributed by atoms with Gasteiger partial charge in [-0.15, -0.1) is 0 Å². The van der Waals surface area contributed by atoms with E-state index in [0.717, 1.165) is 42.9 Å². The lowest BCUT2D eigenvalue weighted by atomic mass is 10.2. The molecule has 0 atom stereocenters. The molecule has 0 radical (unpaired) electrons. The van der Waals surface area contributed by atoms with E-state index in [4.69, 9.17) is 9.84 Å². The number of rotatable bonds is 5. The normalized spacial score (nSPS) is 17.1. The van der Waals surface area contributed by atoms with Crippen LogP contribution in [0, 0.1) is 0 Å². The van der Waals surface area contributed by atoms with Gasteiger partial charge in [0.25, 0.3) is 0 Å². The number of carboxylic acids is 1. The van der Waals surface area contributed by atoms with Gasteiger partial charge in [-0.05, 0) is 23.8 Å². The minimum atomic E-state index is -0.756. The minimum absolute atomic E-state index is 0.136. The fourth-order valence-electron chi connectivity index (χ4n) is 2.34. The van der Waals surface area contributed by atoms with Crippen molar-refractivity contribution >= 4 is 21.9 Å². The van der Waals surface area contributed by atoms with Crippen LogP contribution in [0.1, 0.15) is 5.56 Å². The minimum Gasteiger partial charge on any atom is -0.497 e. The summed E-state index contributed by atoms with van der Waals surface area (Å²) < 4.78 is 6.32. The standard InChI is InChI=1S/C14H19BrN2O3/c1-20-12-2-3-13(15)11(8-12)9-16-4-6-17(7-5-16)10-14(18)19/h2-3,8H,4-7,9-10H2,1H3,(H,18,19). The molecule has 6 heteroatoms. The zero-order valence-electron chi connectivity index (χ0n) is 11.5. The summed E-state index contributed by atoms with van der Waals surface area (Å²) in [4.78, 5) is 15.0. The molecule has 0 aliphatic carbocycles. The molecular formula is C14H19BrN2O3. The summed E-state index contributed by atoms with van der Waals surface area (Å²) in [6, 6.07) is 5.96. The van der Waals surface area contributed by atoms with Gasteiger partial charge in [0.1, 0.15) is 5.75 Å². The number of carboxylic acid groups (broad SMARTS) is 1. The van der Waals surface area contributed by atoms with Crippen LogP contribution in [0.15, 0.2) is 22.7 Å². The maximum Gasteiger partial charge on any atom is 0.317 e. The molecule has 0 unspecified atom stereocenters. The second kappa shape index (κ2) is 7.06. The van der Waals surface area contributed by atoms with Crippen LogP contribution in [-0.2, 0) is 11.3 Å². The summed E-state index contributed by atoms with van der Waals surface area (Å²) in [5, 5.41) is 8.79. The Morgan fingerprint density at radius 1 is 1.30 bits per heavy atom. The van der Waals surface area contributed by atoms with Crippen LogP contribution in [0.2, 0.25) is 0 Å². The summed E-state index contributed by atoms with van der Waals surface area (Å²) >= 11 is 3.56. The predicted octanol–water partition coefficient (Wildman–Crippen LogP) is 1.66. The van der Waals surface area contributed by atoms with Crippen LogP contribution in [0.5, 0.6) is 5.75 Å². The van der Waals surface area contributed by atoms with Crippen molar-refractivity contribution in [3.63, 3.8) is 0 Å². The first-order valence-corrected chi connectivity index (χ1v) is 7.36. The van der Waals surface area contributed by atoms with Gasteiger partial charge in [0.05, 0.1) is 13.7 Å². The van der Waals surface area contributed by atoms with Crippen molar-refractivity contribution in [3.05, 3.63) is 28.2 Å². The van der Waals surface area contributed by atoms with Crippen LogP contribution < -0.4 is 4.74 Å². The van der Waals surface area contributed by atoms with Crippen molar-refractivity contribution in [2.24, 2.45) is 0 Å². The van der Waals surface area contributed by atoms with Gasteiger partial charge in [0.2, 0.25) is 0 Å². The largest absolute Gasteiger partial charge is 0.497 e. The van der Waals surface area contributed by atoms with Crippen LogP contribution in [-0.4, -0.2) is 60.7 Å². The molecule has 0 amide bonds. The molecular weight excluding hydrogens is 324 g/mol. The lowest BCUT2D eigenvalue weighted by molar-refractivity contribution is -0.138. The van der Waals surface area contributed by atoms with Gasteiger partial charge in [0.15, 0.2) is 0 Å². The molecule has 1 aliphatic rings.